The van der Waals surface area contributed by atoms with Gasteiger partial charge >= 0.3 is 11.7 Å². The van der Waals surface area contributed by atoms with Crippen molar-refractivity contribution in [2.24, 2.45) is 0 Å². The van der Waals surface area contributed by atoms with Gasteiger partial charge in [0.2, 0.25) is 0 Å². The number of nitro benzene ring substituents is 1. The van der Waals surface area contributed by atoms with Gasteiger partial charge in [0.1, 0.15) is 11.3 Å². The van der Waals surface area contributed by atoms with Gasteiger partial charge in [0.15, 0.2) is 0 Å². The second kappa shape index (κ2) is 4.43. The maximum absolute atomic E-state index is 10.8. The molecule has 0 atom stereocenters. The summed E-state index contributed by atoms with van der Waals surface area (Å²) in [5.74, 6) is -1.37. The SMILES string of the molecule is C=CCc1cc(N)c([N+](=O)[O-])c(C(=O)O)c1. The topological polar surface area (TPSA) is 106 Å². The van der Waals surface area contributed by atoms with Crippen LogP contribution >= 0.6 is 0 Å². The number of aromatic carboxylic acids is 1. The Hall–Kier alpha value is -2.37. The summed E-state index contributed by atoms with van der Waals surface area (Å²) < 4.78 is 0. The largest absolute Gasteiger partial charge is 0.477 e. The summed E-state index contributed by atoms with van der Waals surface area (Å²) >= 11 is 0. The fourth-order valence-electron chi connectivity index (χ4n) is 1.37. The third kappa shape index (κ3) is 2.17. The molecule has 6 heteroatoms. The second-order valence-electron chi connectivity index (χ2n) is 3.14. The van der Waals surface area contributed by atoms with E-state index in [0.717, 1.165) is 0 Å². The molecule has 0 heterocycles. The molecule has 84 valence electrons. The fourth-order valence-corrected chi connectivity index (χ4v) is 1.37. The van der Waals surface area contributed by atoms with E-state index in [0.29, 0.717) is 12.0 Å². The molecule has 1 aromatic rings. The van der Waals surface area contributed by atoms with Crippen LogP contribution < -0.4 is 5.73 Å². The zero-order chi connectivity index (χ0) is 12.3. The Labute approximate surface area is 91.2 Å². The lowest BCUT2D eigenvalue weighted by Gasteiger charge is -2.04. The first-order valence-electron chi connectivity index (χ1n) is 4.38. The third-order valence-corrected chi connectivity index (χ3v) is 1.99. The molecule has 1 aromatic carbocycles. The number of carboxylic acid groups (broad SMARTS) is 1. The van der Waals surface area contributed by atoms with Crippen LogP contribution in [0.5, 0.6) is 0 Å². The molecule has 0 bridgehead atoms. The number of nitrogens with zero attached hydrogens (tertiary/aromatic N) is 1. The van der Waals surface area contributed by atoms with Gasteiger partial charge in [0.05, 0.1) is 4.92 Å². The van der Waals surface area contributed by atoms with Crippen LogP contribution in [0.2, 0.25) is 0 Å². The van der Waals surface area contributed by atoms with Crippen molar-refractivity contribution >= 4 is 17.3 Å². The standard InChI is InChI=1S/C10H10N2O4/c1-2-3-6-4-7(10(13)14)9(12(15)16)8(11)5-6/h2,4-5H,1,3,11H2,(H,13,14). The maximum atomic E-state index is 10.8. The third-order valence-electron chi connectivity index (χ3n) is 1.99. The molecule has 1 rings (SSSR count). The van der Waals surface area contributed by atoms with E-state index in [9.17, 15) is 14.9 Å². The molecule has 0 aliphatic heterocycles. The summed E-state index contributed by atoms with van der Waals surface area (Å²) in [7, 11) is 0. The van der Waals surface area contributed by atoms with E-state index >= 15 is 0 Å². The van der Waals surface area contributed by atoms with Crippen LogP contribution in [0, 0.1) is 10.1 Å². The highest BCUT2D eigenvalue weighted by atomic mass is 16.6. The normalized spacial score (nSPS) is 9.75. The van der Waals surface area contributed by atoms with Crippen molar-refractivity contribution in [1.29, 1.82) is 0 Å². The number of hydrogen-bond acceptors (Lipinski definition) is 4. The number of hydrogen-bond donors (Lipinski definition) is 2. The van der Waals surface area contributed by atoms with Crippen molar-refractivity contribution in [1.82, 2.24) is 0 Å². The molecule has 0 saturated heterocycles. The Morgan fingerprint density at radius 1 is 1.62 bits per heavy atom. The van der Waals surface area contributed by atoms with Crippen LogP contribution in [0.15, 0.2) is 24.8 Å². The maximum Gasteiger partial charge on any atom is 0.342 e. The molecule has 0 amide bonds. The molecule has 16 heavy (non-hydrogen) atoms. The van der Waals surface area contributed by atoms with Crippen LogP contribution in [-0.2, 0) is 6.42 Å². The molecule has 0 radical (unpaired) electrons. The minimum Gasteiger partial charge on any atom is -0.477 e. The van der Waals surface area contributed by atoms with Gasteiger partial charge in [-0.15, -0.1) is 6.58 Å². The summed E-state index contributed by atoms with van der Waals surface area (Å²) in [6.45, 7) is 3.50. The van der Waals surface area contributed by atoms with E-state index in [4.69, 9.17) is 10.8 Å². The summed E-state index contributed by atoms with van der Waals surface area (Å²) in [6.07, 6.45) is 1.97. The second-order valence-corrected chi connectivity index (χ2v) is 3.14. The lowest BCUT2D eigenvalue weighted by atomic mass is 10.0. The van der Waals surface area contributed by atoms with Crippen LogP contribution in [0.1, 0.15) is 15.9 Å². The van der Waals surface area contributed by atoms with E-state index in [1.165, 1.54) is 12.1 Å². The lowest BCUT2D eigenvalue weighted by molar-refractivity contribution is -0.384. The van der Waals surface area contributed by atoms with Gasteiger partial charge in [-0.2, -0.15) is 0 Å². The Morgan fingerprint density at radius 3 is 2.69 bits per heavy atom. The fraction of sp³-hybridized carbons (Fsp3) is 0.100. The van der Waals surface area contributed by atoms with Crippen LogP contribution in [0.3, 0.4) is 0 Å². The highest BCUT2D eigenvalue weighted by Crippen LogP contribution is 2.28. The molecule has 6 nitrogen and oxygen atoms in total. The van der Waals surface area contributed by atoms with Gasteiger partial charge in [0.25, 0.3) is 0 Å². The van der Waals surface area contributed by atoms with Crippen molar-refractivity contribution in [3.8, 4) is 0 Å². The quantitative estimate of drug-likeness (QED) is 0.348. The van der Waals surface area contributed by atoms with E-state index in [1.807, 2.05) is 0 Å². The first kappa shape index (κ1) is 11.7. The highest BCUT2D eigenvalue weighted by molar-refractivity contribution is 5.95. The monoisotopic (exact) mass is 222 g/mol. The highest BCUT2D eigenvalue weighted by Gasteiger charge is 2.23. The van der Waals surface area contributed by atoms with E-state index < -0.39 is 22.1 Å². The van der Waals surface area contributed by atoms with Crippen LogP contribution in [0.25, 0.3) is 0 Å². The number of nitro groups is 1. The molecule has 3 N–H and O–H groups in total. The van der Waals surface area contributed by atoms with Gasteiger partial charge in [-0.1, -0.05) is 6.08 Å². The van der Waals surface area contributed by atoms with E-state index in [1.54, 1.807) is 6.08 Å². The first-order valence-corrected chi connectivity index (χ1v) is 4.38. The number of nitrogen functional groups attached to an aromatic ring is 1. The number of carboxylic acids is 1. The smallest absolute Gasteiger partial charge is 0.342 e. The number of anilines is 1. The Morgan fingerprint density at radius 2 is 2.25 bits per heavy atom. The molecule has 0 saturated carbocycles. The molecular formula is C10H10N2O4. The Bertz CT molecular complexity index is 468. The van der Waals surface area contributed by atoms with Crippen LogP contribution in [-0.4, -0.2) is 16.0 Å². The first-order chi connectivity index (χ1) is 7.47. The van der Waals surface area contributed by atoms with E-state index in [2.05, 4.69) is 6.58 Å². The number of carbonyl (C=O) groups is 1. The lowest BCUT2D eigenvalue weighted by Crippen LogP contribution is -2.07. The average Bonchev–Trinajstić information content (AvgIpc) is 2.16. The predicted octanol–water partition coefficient (Wildman–Crippen LogP) is 1.60. The summed E-state index contributed by atoms with van der Waals surface area (Å²) in [6, 6.07) is 2.62. The number of nitrogens with two attached hydrogens (primary N) is 1. The van der Waals surface area contributed by atoms with E-state index in [-0.39, 0.29) is 5.69 Å². The van der Waals surface area contributed by atoms with Gasteiger partial charge in [-0.25, -0.2) is 4.79 Å². The van der Waals surface area contributed by atoms with Gasteiger partial charge in [-0.3, -0.25) is 10.1 Å². The minimum absolute atomic E-state index is 0.151. The molecule has 0 spiro atoms. The molecule has 0 aliphatic rings. The molecule has 0 fully saturated rings. The number of allylic oxidation sites excluding steroid dienone is 1. The van der Waals surface area contributed by atoms with Gasteiger partial charge in [-0.05, 0) is 24.1 Å². The van der Waals surface area contributed by atoms with Crippen molar-refractivity contribution in [2.75, 3.05) is 5.73 Å². The summed E-state index contributed by atoms with van der Waals surface area (Å²) in [5, 5.41) is 19.5. The van der Waals surface area contributed by atoms with Crippen LogP contribution in [0.4, 0.5) is 11.4 Å². The minimum atomic E-state index is -1.37. The molecule has 0 aliphatic carbocycles. The molecular weight excluding hydrogens is 212 g/mol. The predicted molar refractivity (Wildman–Crippen MR) is 58.4 cm³/mol. The zero-order valence-corrected chi connectivity index (χ0v) is 8.34. The average molecular weight is 222 g/mol. The number of benzene rings is 1. The molecule has 0 aromatic heterocycles. The summed E-state index contributed by atoms with van der Waals surface area (Å²) in [5.41, 5.74) is 4.91. The Kier molecular flexibility index (Phi) is 3.24. The number of rotatable bonds is 4. The molecule has 0 unspecified atom stereocenters. The van der Waals surface area contributed by atoms with Crippen molar-refractivity contribution in [3.63, 3.8) is 0 Å². The van der Waals surface area contributed by atoms with Gasteiger partial charge < -0.3 is 10.8 Å². The van der Waals surface area contributed by atoms with Crippen molar-refractivity contribution in [3.05, 3.63) is 46.0 Å². The van der Waals surface area contributed by atoms with Gasteiger partial charge in [0, 0.05) is 0 Å². The zero-order valence-electron chi connectivity index (χ0n) is 8.34. The summed E-state index contributed by atoms with van der Waals surface area (Å²) in [4.78, 5) is 20.7. The van der Waals surface area contributed by atoms with Crippen molar-refractivity contribution in [2.45, 2.75) is 6.42 Å². The van der Waals surface area contributed by atoms with Crippen molar-refractivity contribution < 1.29 is 14.8 Å². The Balaban J connectivity index is 3.45.